The van der Waals surface area contributed by atoms with E-state index in [1.165, 1.54) is 17.0 Å². The number of carboxylic acids is 1. The minimum Gasteiger partial charge on any atom is -0.497 e. The number of nitrogens with one attached hydrogen (secondary N) is 1. The fourth-order valence-corrected chi connectivity index (χ4v) is 7.35. The van der Waals surface area contributed by atoms with Gasteiger partial charge in [-0.2, -0.15) is 0 Å². The molecule has 1 saturated carbocycles. The van der Waals surface area contributed by atoms with Crippen molar-refractivity contribution in [2.24, 2.45) is 0 Å². The normalized spacial score (nSPS) is 19.3. The van der Waals surface area contributed by atoms with Crippen molar-refractivity contribution < 1.29 is 48.3 Å². The highest BCUT2D eigenvalue weighted by molar-refractivity contribution is 9.10. The van der Waals surface area contributed by atoms with E-state index in [9.17, 15) is 34.1 Å². The van der Waals surface area contributed by atoms with Crippen LogP contribution in [0.25, 0.3) is 5.57 Å². The van der Waals surface area contributed by atoms with Crippen molar-refractivity contribution in [2.75, 3.05) is 33.9 Å². The lowest BCUT2D eigenvalue weighted by molar-refractivity contribution is -0.163. The minimum atomic E-state index is -2.28. The van der Waals surface area contributed by atoms with Gasteiger partial charge in [-0.05, 0) is 94.6 Å². The molecule has 4 N–H and O–H groups in total. The van der Waals surface area contributed by atoms with Crippen LogP contribution in [-0.4, -0.2) is 107 Å². The number of carboxylic acid groups (broad SMARTS) is 1. The number of ether oxygens (including phenoxy) is 3. The first kappa shape index (κ1) is 38.2. The molecule has 0 aromatic heterocycles. The fraction of sp³-hybridized carbons (Fsp3) is 0.410. The molecule has 3 aromatic rings. The number of piperazine rings is 1. The van der Waals surface area contributed by atoms with Gasteiger partial charge in [0.1, 0.15) is 23.1 Å². The van der Waals surface area contributed by atoms with Crippen LogP contribution in [-0.2, 0) is 27.3 Å². The Bertz CT molecular complexity index is 1850. The maximum absolute atomic E-state index is 14.8. The number of nitrogens with zero attached hydrogens (tertiary/aromatic N) is 2. The molecule has 3 aromatic carbocycles. The summed E-state index contributed by atoms with van der Waals surface area (Å²) < 4.78 is 31.1. The highest BCUT2D eigenvalue weighted by atomic mass is 79.9. The van der Waals surface area contributed by atoms with Crippen molar-refractivity contribution in [1.29, 1.82) is 0 Å². The average Bonchev–Trinajstić information content (AvgIpc) is 4.01. The summed E-state index contributed by atoms with van der Waals surface area (Å²) in [6.07, 6.45) is -0.938. The molecule has 53 heavy (non-hydrogen) atoms. The van der Waals surface area contributed by atoms with Crippen molar-refractivity contribution in [3.8, 4) is 17.2 Å². The third kappa shape index (κ3) is 9.01. The van der Waals surface area contributed by atoms with Gasteiger partial charge in [-0.15, -0.1) is 0 Å². The number of hydrogen-bond acceptors (Lipinski definition) is 9. The van der Waals surface area contributed by atoms with Gasteiger partial charge in [-0.25, -0.2) is 9.18 Å². The first-order valence-corrected chi connectivity index (χ1v) is 18.3. The number of rotatable bonds is 15. The van der Waals surface area contributed by atoms with Gasteiger partial charge in [0.05, 0.1) is 31.3 Å². The molecule has 0 radical (unpaired) electrons. The molecule has 2 bridgehead atoms. The van der Waals surface area contributed by atoms with E-state index in [1.54, 1.807) is 26.4 Å². The number of aliphatic hydroxyl groups is 2. The van der Waals surface area contributed by atoms with E-state index in [0.29, 0.717) is 59.7 Å². The van der Waals surface area contributed by atoms with Crippen molar-refractivity contribution in [1.82, 2.24) is 15.1 Å². The first-order valence-electron chi connectivity index (χ1n) is 17.5. The Kier molecular flexibility index (Phi) is 12.0. The third-order valence-electron chi connectivity index (χ3n) is 9.83. The molecule has 3 aliphatic rings. The van der Waals surface area contributed by atoms with E-state index in [4.69, 9.17) is 14.2 Å². The third-order valence-corrected chi connectivity index (χ3v) is 10.5. The molecule has 2 heterocycles. The monoisotopic (exact) mass is 795 g/mol. The maximum atomic E-state index is 14.8. The molecule has 0 spiro atoms. The van der Waals surface area contributed by atoms with Gasteiger partial charge < -0.3 is 44.6 Å². The molecule has 2 amide bonds. The number of fused-ring (bicyclic) bond motifs is 2. The number of amides is 2. The second kappa shape index (κ2) is 16.7. The summed E-state index contributed by atoms with van der Waals surface area (Å²) in [6.45, 7) is 0.836. The van der Waals surface area contributed by atoms with E-state index in [-0.39, 0.29) is 36.9 Å². The number of aryl methyl sites for hydroxylation is 1. The molecule has 4 atom stereocenters. The predicted molar refractivity (Wildman–Crippen MR) is 196 cm³/mol. The summed E-state index contributed by atoms with van der Waals surface area (Å²) in [5.74, 6) is -1.53. The molecular formula is C39H43BrFN3O9. The molecular weight excluding hydrogens is 753 g/mol. The zero-order valence-corrected chi connectivity index (χ0v) is 31.1. The van der Waals surface area contributed by atoms with Crippen LogP contribution in [0.1, 0.15) is 42.4 Å². The predicted octanol–water partition coefficient (Wildman–Crippen LogP) is 3.94. The summed E-state index contributed by atoms with van der Waals surface area (Å²) in [4.78, 5) is 42.6. The standard InChI is InChI=1S/C39H43BrFN3O9/c1-51-28-14-23(15-29(18-28)52-2)19-44(27-10-11-27)37(47)34-30(17-26-20-43(21-32(34)42-26)38(48)35(45)36(46)39(49)50)24-7-5-22(6-8-24)4-3-13-53-33-16-25(41)9-12-31(33)40/h5-9,12,14-16,18,26-27,32,35-36,42,45-46H,3-4,10-11,13,17,19-21H2,1-2H3,(H,49,50)/t26?,32-,35?,36?/m1/s1. The van der Waals surface area contributed by atoms with Crippen LogP contribution in [0.5, 0.6) is 17.2 Å². The SMILES string of the molecule is COc1cc(CN(C(=O)C2=C(c3ccc(CCCOc4cc(F)ccc4Br)cc3)CC3CN(C(=O)C(O)C(O)C(=O)O)C[C@H]2N3)C2CC2)cc(OC)c1. The molecule has 6 rings (SSSR count). The largest absolute Gasteiger partial charge is 0.497 e. The summed E-state index contributed by atoms with van der Waals surface area (Å²) >= 11 is 3.38. The zero-order chi connectivity index (χ0) is 37.8. The van der Waals surface area contributed by atoms with Gasteiger partial charge in [-0.3, -0.25) is 9.59 Å². The molecule has 3 unspecified atom stereocenters. The van der Waals surface area contributed by atoms with Gasteiger partial charge in [-0.1, -0.05) is 24.3 Å². The van der Waals surface area contributed by atoms with Gasteiger partial charge >= 0.3 is 5.97 Å². The Hall–Kier alpha value is -4.50. The lowest BCUT2D eigenvalue weighted by Gasteiger charge is -2.45. The zero-order valence-electron chi connectivity index (χ0n) is 29.5. The number of methoxy groups -OCH3 is 2. The first-order chi connectivity index (χ1) is 25.4. The Morgan fingerprint density at radius 1 is 0.962 bits per heavy atom. The Balaban J connectivity index is 1.27. The van der Waals surface area contributed by atoms with Crippen LogP contribution in [0, 0.1) is 5.82 Å². The molecule has 1 aliphatic carbocycles. The van der Waals surface area contributed by atoms with Crippen LogP contribution in [0.3, 0.4) is 0 Å². The number of aliphatic hydroxyl groups excluding tert-OH is 2. The number of benzene rings is 3. The van der Waals surface area contributed by atoms with Crippen LogP contribution in [0.15, 0.2) is 70.7 Å². The van der Waals surface area contributed by atoms with E-state index in [1.807, 2.05) is 41.3 Å². The Morgan fingerprint density at radius 3 is 2.30 bits per heavy atom. The van der Waals surface area contributed by atoms with E-state index < -0.39 is 30.1 Å². The number of aliphatic carboxylic acids is 1. The summed E-state index contributed by atoms with van der Waals surface area (Å²) in [5.41, 5.74) is 4.10. The molecule has 2 aliphatic heterocycles. The van der Waals surface area contributed by atoms with Crippen LogP contribution in [0.2, 0.25) is 0 Å². The average molecular weight is 797 g/mol. The van der Waals surface area contributed by atoms with E-state index >= 15 is 0 Å². The lowest BCUT2D eigenvalue weighted by Crippen LogP contribution is -2.64. The Morgan fingerprint density at radius 2 is 1.66 bits per heavy atom. The number of hydrogen-bond donors (Lipinski definition) is 4. The summed E-state index contributed by atoms with van der Waals surface area (Å²) in [7, 11) is 3.13. The fourth-order valence-electron chi connectivity index (χ4n) is 6.99. The van der Waals surface area contributed by atoms with Crippen molar-refractivity contribution in [2.45, 2.75) is 69.0 Å². The van der Waals surface area contributed by atoms with Crippen LogP contribution in [0.4, 0.5) is 4.39 Å². The van der Waals surface area contributed by atoms with Crippen molar-refractivity contribution in [3.63, 3.8) is 0 Å². The van der Waals surface area contributed by atoms with Gasteiger partial charge in [0.15, 0.2) is 12.2 Å². The number of carbonyl (C=O) groups excluding carboxylic acids is 2. The maximum Gasteiger partial charge on any atom is 0.335 e. The summed E-state index contributed by atoms with van der Waals surface area (Å²) in [5, 5.41) is 33.0. The van der Waals surface area contributed by atoms with E-state index in [2.05, 4.69) is 21.2 Å². The van der Waals surface area contributed by atoms with Gasteiger partial charge in [0.2, 0.25) is 0 Å². The highest BCUT2D eigenvalue weighted by Crippen LogP contribution is 2.38. The van der Waals surface area contributed by atoms with Crippen molar-refractivity contribution in [3.05, 3.63) is 93.2 Å². The van der Waals surface area contributed by atoms with Crippen LogP contribution >= 0.6 is 15.9 Å². The lowest BCUT2D eigenvalue weighted by atomic mass is 9.82. The topological polar surface area (TPSA) is 158 Å². The van der Waals surface area contributed by atoms with Crippen molar-refractivity contribution >= 4 is 39.3 Å². The quantitative estimate of drug-likeness (QED) is 0.166. The number of carbonyl (C=O) groups is 3. The Labute approximate surface area is 315 Å². The van der Waals surface area contributed by atoms with Crippen LogP contribution < -0.4 is 19.5 Å². The number of halogens is 2. The van der Waals surface area contributed by atoms with E-state index in [0.717, 1.165) is 35.1 Å². The van der Waals surface area contributed by atoms with Gasteiger partial charge in [0.25, 0.3) is 11.8 Å². The minimum absolute atomic E-state index is 0.00565. The molecule has 282 valence electrons. The molecule has 1 saturated heterocycles. The second-order valence-corrected chi connectivity index (χ2v) is 14.4. The highest BCUT2D eigenvalue weighted by Gasteiger charge is 2.45. The molecule has 14 heteroatoms. The summed E-state index contributed by atoms with van der Waals surface area (Å²) in [6, 6.07) is 16.9. The van der Waals surface area contributed by atoms with Gasteiger partial charge in [0, 0.05) is 49.4 Å². The molecule has 12 nitrogen and oxygen atoms in total. The smallest absolute Gasteiger partial charge is 0.335 e. The second-order valence-electron chi connectivity index (χ2n) is 13.6. The molecule has 2 fully saturated rings.